The van der Waals surface area contributed by atoms with Gasteiger partial charge < -0.3 is 39.6 Å². The van der Waals surface area contributed by atoms with Gasteiger partial charge in [0.1, 0.15) is 28.7 Å². The lowest BCUT2D eigenvalue weighted by Gasteiger charge is -2.40. The van der Waals surface area contributed by atoms with E-state index in [0.717, 1.165) is 16.4 Å². The maximum atomic E-state index is 14.7. The molecule has 55 heavy (non-hydrogen) atoms. The molecule has 18 heteroatoms. The number of carbonyl (C=O) groups excluding carboxylic acids is 4. The number of alkyl halides is 3. The van der Waals surface area contributed by atoms with E-state index >= 15 is 0 Å². The Morgan fingerprint density at radius 1 is 0.945 bits per heavy atom. The molecule has 2 aromatic carbocycles. The van der Waals surface area contributed by atoms with Crippen molar-refractivity contribution in [3.05, 3.63) is 71.5 Å². The minimum absolute atomic E-state index is 0.0529. The lowest BCUT2D eigenvalue weighted by molar-refractivity contribution is -0.261. The van der Waals surface area contributed by atoms with Crippen molar-refractivity contribution in [2.24, 2.45) is 0 Å². The highest BCUT2D eigenvalue weighted by Gasteiger charge is 2.61. The number of aliphatic hydroxyl groups is 1. The Bertz CT molecular complexity index is 1800. The smallest absolute Gasteiger partial charge is 0.428 e. The van der Waals surface area contributed by atoms with Crippen molar-refractivity contribution in [1.82, 2.24) is 30.5 Å². The van der Waals surface area contributed by atoms with Crippen LogP contribution in [-0.4, -0.2) is 105 Å². The Hall–Kier alpha value is -5.39. The van der Waals surface area contributed by atoms with Crippen LogP contribution < -0.4 is 20.1 Å². The highest BCUT2D eigenvalue weighted by molar-refractivity contribution is 5.94. The van der Waals surface area contributed by atoms with Gasteiger partial charge in [0.15, 0.2) is 0 Å². The molecule has 3 atom stereocenters. The van der Waals surface area contributed by atoms with Crippen LogP contribution in [0.5, 0.6) is 11.5 Å². The fourth-order valence-corrected chi connectivity index (χ4v) is 5.47. The van der Waals surface area contributed by atoms with Crippen molar-refractivity contribution in [3.8, 4) is 11.5 Å². The van der Waals surface area contributed by atoms with E-state index in [4.69, 9.17) is 14.2 Å². The van der Waals surface area contributed by atoms with Crippen LogP contribution in [0.3, 0.4) is 0 Å². The van der Waals surface area contributed by atoms with E-state index in [-0.39, 0.29) is 25.2 Å². The molecular weight excluding hydrogens is 729 g/mol. The summed E-state index contributed by atoms with van der Waals surface area (Å²) in [5.41, 5.74) is -5.47. The summed E-state index contributed by atoms with van der Waals surface area (Å²) in [7, 11) is 3.64. The zero-order valence-corrected chi connectivity index (χ0v) is 32.3. The number of hydrogen-bond acceptors (Lipinski definition) is 11. The minimum atomic E-state index is -5.36. The number of ether oxygens (including phenoxy) is 4. The van der Waals surface area contributed by atoms with Crippen molar-refractivity contribution in [2.45, 2.75) is 102 Å². The topological polar surface area (TPSA) is 183 Å². The van der Waals surface area contributed by atoms with E-state index in [9.17, 15) is 37.5 Å². The SMILES string of the molecule is COC(=O)C(O)(Cc1cn(C[C@@H](C)NC(=O)C(C)(C)N(Cc2ccc(OC)cc2OC)C(=O)[C@H](Cc2ccccc2)NC(=O)OC(C)(C)C)nn1)C(F)(F)F. The largest absolute Gasteiger partial charge is 0.497 e. The predicted molar refractivity (Wildman–Crippen MR) is 192 cm³/mol. The molecule has 0 aliphatic rings. The third kappa shape index (κ3) is 11.6. The van der Waals surface area contributed by atoms with E-state index in [1.54, 1.807) is 70.2 Å². The van der Waals surface area contributed by atoms with Crippen molar-refractivity contribution >= 4 is 23.9 Å². The van der Waals surface area contributed by atoms with Gasteiger partial charge >= 0.3 is 18.2 Å². The molecule has 1 heterocycles. The Labute approximate surface area is 317 Å². The fraction of sp³-hybridized carbons (Fsp3) is 0.514. The number of methoxy groups -OCH3 is 3. The number of aromatic nitrogens is 3. The highest BCUT2D eigenvalue weighted by atomic mass is 19.4. The number of nitrogens with one attached hydrogen (secondary N) is 2. The van der Waals surface area contributed by atoms with E-state index < -0.39 is 65.3 Å². The maximum Gasteiger partial charge on any atom is 0.428 e. The van der Waals surface area contributed by atoms with Crippen molar-refractivity contribution < 1.29 is 56.4 Å². The number of alkyl carbamates (subject to hydrolysis) is 1. The van der Waals surface area contributed by atoms with Gasteiger partial charge in [-0.3, -0.25) is 14.3 Å². The number of amides is 3. The van der Waals surface area contributed by atoms with Gasteiger partial charge in [-0.05, 0) is 59.2 Å². The first-order chi connectivity index (χ1) is 25.5. The van der Waals surface area contributed by atoms with Gasteiger partial charge in [0, 0.05) is 36.7 Å². The van der Waals surface area contributed by atoms with E-state index in [1.165, 1.54) is 33.0 Å². The first kappa shape index (κ1) is 44.0. The van der Waals surface area contributed by atoms with Gasteiger partial charge in [0.05, 0.1) is 40.1 Å². The first-order valence-electron chi connectivity index (χ1n) is 17.2. The average Bonchev–Trinajstić information content (AvgIpc) is 3.54. The second-order valence-corrected chi connectivity index (χ2v) is 14.4. The molecule has 3 amide bonds. The van der Waals surface area contributed by atoms with E-state index in [2.05, 4.69) is 25.7 Å². The monoisotopic (exact) mass is 778 g/mol. The molecule has 0 fully saturated rings. The molecule has 0 saturated carbocycles. The second-order valence-electron chi connectivity index (χ2n) is 14.4. The number of hydrogen-bond donors (Lipinski definition) is 3. The van der Waals surface area contributed by atoms with Crippen LogP contribution in [0.4, 0.5) is 18.0 Å². The molecule has 0 aliphatic carbocycles. The molecule has 0 aliphatic heterocycles. The molecule has 1 unspecified atom stereocenters. The number of esters is 1. The minimum Gasteiger partial charge on any atom is -0.497 e. The molecule has 3 N–H and O–H groups in total. The summed E-state index contributed by atoms with van der Waals surface area (Å²) < 4.78 is 62.5. The van der Waals surface area contributed by atoms with Crippen LogP contribution >= 0.6 is 0 Å². The van der Waals surface area contributed by atoms with Crippen LogP contribution in [0.15, 0.2) is 54.7 Å². The standard InChI is InChI=1S/C37H49F3N6O9/c1-23(20-45-22-26(43-44-45)19-36(51,32(49)54-9)37(38,39)40)41-31(48)35(5,6)46(21-25-15-16-27(52-7)18-29(25)53-8)30(47)28(17-24-13-11-10-12-14-24)42-33(50)55-34(2,3)4/h10-16,18,22-23,28,51H,17,19-21H2,1-9H3,(H,41,48)(H,42,50)/t23-,28+,36?/m1/s1. The molecule has 1 aromatic heterocycles. The molecule has 3 aromatic rings. The number of nitrogens with zero attached hydrogens (tertiary/aromatic N) is 4. The van der Waals surface area contributed by atoms with Gasteiger partial charge in [-0.25, -0.2) is 9.59 Å². The molecule has 0 saturated heterocycles. The van der Waals surface area contributed by atoms with E-state index in [0.29, 0.717) is 24.2 Å². The van der Waals surface area contributed by atoms with Gasteiger partial charge in [-0.1, -0.05) is 35.5 Å². The summed E-state index contributed by atoms with van der Waals surface area (Å²) in [4.78, 5) is 55.1. The Morgan fingerprint density at radius 3 is 2.16 bits per heavy atom. The summed E-state index contributed by atoms with van der Waals surface area (Å²) >= 11 is 0. The maximum absolute atomic E-state index is 14.7. The van der Waals surface area contributed by atoms with Gasteiger partial charge in [-0.15, -0.1) is 5.10 Å². The Morgan fingerprint density at radius 2 is 1.60 bits per heavy atom. The van der Waals surface area contributed by atoms with Crippen LogP contribution in [0, 0.1) is 0 Å². The number of carbonyl (C=O) groups is 4. The zero-order chi connectivity index (χ0) is 41.4. The summed E-state index contributed by atoms with van der Waals surface area (Å²) in [6.07, 6.45) is -6.32. The third-order valence-electron chi connectivity index (χ3n) is 8.44. The van der Waals surface area contributed by atoms with Crippen molar-refractivity contribution in [3.63, 3.8) is 0 Å². The molecular formula is C37H49F3N6O9. The number of rotatable bonds is 16. The normalized spacial score (nSPS) is 14.1. The first-order valence-corrected chi connectivity index (χ1v) is 17.2. The summed E-state index contributed by atoms with van der Waals surface area (Å²) in [5, 5.41) is 23.1. The highest BCUT2D eigenvalue weighted by Crippen LogP contribution is 2.34. The molecule has 0 radical (unpaired) electrons. The molecule has 0 spiro atoms. The lowest BCUT2D eigenvalue weighted by atomic mass is 9.96. The van der Waals surface area contributed by atoms with Crippen molar-refractivity contribution in [1.29, 1.82) is 0 Å². The molecule has 15 nitrogen and oxygen atoms in total. The van der Waals surface area contributed by atoms with Gasteiger partial charge in [-0.2, -0.15) is 13.2 Å². The summed E-state index contributed by atoms with van der Waals surface area (Å²) in [6.45, 7) is 9.43. The van der Waals surface area contributed by atoms with Crippen LogP contribution in [0.1, 0.15) is 58.4 Å². The Kier molecular flexibility index (Phi) is 14.3. The Balaban J connectivity index is 1.95. The molecule has 302 valence electrons. The van der Waals surface area contributed by atoms with E-state index in [1.807, 2.05) is 6.07 Å². The average molecular weight is 779 g/mol. The van der Waals surface area contributed by atoms with Crippen LogP contribution in [0.2, 0.25) is 0 Å². The second kappa shape index (κ2) is 17.8. The third-order valence-corrected chi connectivity index (χ3v) is 8.44. The van der Waals surface area contributed by atoms with Gasteiger partial charge in [0.2, 0.25) is 11.8 Å². The molecule has 3 rings (SSSR count). The quantitative estimate of drug-likeness (QED) is 0.180. The lowest BCUT2D eigenvalue weighted by Crippen LogP contribution is -2.62. The van der Waals surface area contributed by atoms with Crippen LogP contribution in [0.25, 0.3) is 0 Å². The van der Waals surface area contributed by atoms with Crippen molar-refractivity contribution in [2.75, 3.05) is 21.3 Å². The predicted octanol–water partition coefficient (Wildman–Crippen LogP) is 3.75. The summed E-state index contributed by atoms with van der Waals surface area (Å²) in [6, 6.07) is 12.0. The van der Waals surface area contributed by atoms with Gasteiger partial charge in [0.25, 0.3) is 5.60 Å². The zero-order valence-electron chi connectivity index (χ0n) is 32.3. The fourth-order valence-electron chi connectivity index (χ4n) is 5.47. The summed E-state index contributed by atoms with van der Waals surface area (Å²) in [5.74, 6) is -2.30. The number of halogens is 3. The number of benzene rings is 2. The molecule has 0 bridgehead atoms. The van der Waals surface area contributed by atoms with Crippen LogP contribution in [-0.2, 0) is 49.8 Å².